The molecule has 0 atom stereocenters. The van der Waals surface area contributed by atoms with Gasteiger partial charge in [-0.25, -0.2) is 18.2 Å². The van der Waals surface area contributed by atoms with Crippen LogP contribution in [0.1, 0.15) is 27.2 Å². The van der Waals surface area contributed by atoms with Crippen molar-refractivity contribution in [2.45, 2.75) is 13.3 Å². The fourth-order valence-corrected chi connectivity index (χ4v) is 2.82. The molecule has 2 aromatic carbocycles. The van der Waals surface area contributed by atoms with Gasteiger partial charge < -0.3 is 10.6 Å². The van der Waals surface area contributed by atoms with E-state index in [1.807, 2.05) is 0 Å². The molecule has 0 bridgehead atoms. The highest BCUT2D eigenvalue weighted by Gasteiger charge is 2.20. The number of aldehydes is 1. The van der Waals surface area contributed by atoms with Crippen molar-refractivity contribution in [2.75, 3.05) is 17.7 Å². The number of rotatable bonds is 6. The predicted molar refractivity (Wildman–Crippen MR) is 103 cm³/mol. The molecule has 144 valence electrons. The van der Waals surface area contributed by atoms with Crippen LogP contribution in [0.4, 0.5) is 30.4 Å². The molecule has 3 aromatic rings. The summed E-state index contributed by atoms with van der Waals surface area (Å²) in [6.45, 7) is 1.70. The van der Waals surface area contributed by atoms with Crippen molar-refractivity contribution in [1.29, 1.82) is 0 Å². The van der Waals surface area contributed by atoms with Gasteiger partial charge in [0.05, 0.1) is 11.4 Å². The number of pyridine rings is 1. The normalized spacial score (nSPS) is 10.6. The van der Waals surface area contributed by atoms with Crippen molar-refractivity contribution in [3.05, 3.63) is 82.3 Å². The minimum Gasteiger partial charge on any atom is -0.373 e. The van der Waals surface area contributed by atoms with Crippen LogP contribution in [0.2, 0.25) is 0 Å². The minimum absolute atomic E-state index is 0.00170. The molecule has 0 spiro atoms. The summed E-state index contributed by atoms with van der Waals surface area (Å²) >= 11 is 0. The molecule has 0 amide bonds. The molecule has 0 fully saturated rings. The molecule has 0 radical (unpaired) electrons. The first-order valence-corrected chi connectivity index (χ1v) is 8.56. The maximum atomic E-state index is 14.7. The zero-order valence-electron chi connectivity index (χ0n) is 15.3. The van der Waals surface area contributed by atoms with Gasteiger partial charge in [0, 0.05) is 24.7 Å². The molecule has 2 N–H and O–H groups in total. The number of nitrogens with zero attached hydrogens (tertiary/aromatic N) is 1. The van der Waals surface area contributed by atoms with Crippen LogP contribution in [0.3, 0.4) is 0 Å². The molecule has 7 heteroatoms. The van der Waals surface area contributed by atoms with Gasteiger partial charge in [-0.15, -0.1) is 0 Å². The lowest BCUT2D eigenvalue weighted by Crippen LogP contribution is -2.07. The van der Waals surface area contributed by atoms with E-state index in [4.69, 9.17) is 0 Å². The molecule has 0 saturated carbocycles. The first kappa shape index (κ1) is 19.4. The zero-order valence-corrected chi connectivity index (χ0v) is 15.3. The number of hydrogen-bond acceptors (Lipinski definition) is 4. The maximum absolute atomic E-state index is 14.7. The average molecular weight is 385 g/mol. The first-order valence-electron chi connectivity index (χ1n) is 8.56. The van der Waals surface area contributed by atoms with E-state index in [2.05, 4.69) is 15.6 Å². The first-order chi connectivity index (χ1) is 13.4. The Kier molecular flexibility index (Phi) is 5.63. The molecule has 0 unspecified atom stereocenters. The standard InChI is InChI=1S/C21H18F3N3O/c1-12-6-7-17(16(22)8-12)27-21-14(11-28)9-13(19(23)20(21)24)10-15-4-3-5-18(25-2)26-15/h3-9,11,27H,10H2,1-2H3,(H,25,26). The molecular formula is C21H18F3N3O. The predicted octanol–water partition coefficient (Wildman–Crippen LogP) is 5.00. The monoisotopic (exact) mass is 385 g/mol. The van der Waals surface area contributed by atoms with Crippen LogP contribution in [0, 0.1) is 24.4 Å². The average Bonchev–Trinajstić information content (AvgIpc) is 2.69. The molecule has 0 aliphatic rings. The van der Waals surface area contributed by atoms with Crippen molar-refractivity contribution in [1.82, 2.24) is 4.98 Å². The van der Waals surface area contributed by atoms with Gasteiger partial charge in [-0.2, -0.15) is 0 Å². The van der Waals surface area contributed by atoms with E-state index >= 15 is 0 Å². The second-order valence-corrected chi connectivity index (χ2v) is 6.29. The van der Waals surface area contributed by atoms with Crippen LogP contribution in [-0.2, 0) is 6.42 Å². The van der Waals surface area contributed by atoms with E-state index in [1.54, 1.807) is 38.2 Å². The van der Waals surface area contributed by atoms with Gasteiger partial charge in [-0.05, 0) is 48.4 Å². The fourth-order valence-electron chi connectivity index (χ4n) is 2.82. The largest absolute Gasteiger partial charge is 0.373 e. The molecule has 3 rings (SSSR count). The van der Waals surface area contributed by atoms with Crippen molar-refractivity contribution in [2.24, 2.45) is 0 Å². The number of nitrogens with one attached hydrogen (secondary N) is 2. The minimum atomic E-state index is -1.25. The molecule has 28 heavy (non-hydrogen) atoms. The molecule has 1 heterocycles. The third-order valence-corrected chi connectivity index (χ3v) is 4.26. The van der Waals surface area contributed by atoms with E-state index in [-0.39, 0.29) is 23.2 Å². The Labute approximate surface area is 160 Å². The summed E-state index contributed by atoms with van der Waals surface area (Å²) in [7, 11) is 1.70. The lowest BCUT2D eigenvalue weighted by atomic mass is 10.0. The van der Waals surface area contributed by atoms with E-state index in [0.717, 1.165) is 0 Å². The van der Waals surface area contributed by atoms with Crippen molar-refractivity contribution < 1.29 is 18.0 Å². The van der Waals surface area contributed by atoms with Crippen LogP contribution in [0.25, 0.3) is 0 Å². The Morgan fingerprint density at radius 2 is 1.86 bits per heavy atom. The summed E-state index contributed by atoms with van der Waals surface area (Å²) in [5, 5.41) is 5.36. The smallest absolute Gasteiger partial charge is 0.183 e. The SMILES string of the molecule is CNc1cccc(Cc2cc(C=O)c(Nc3ccc(C)cc3F)c(F)c2F)n1. The van der Waals surface area contributed by atoms with Gasteiger partial charge in [0.15, 0.2) is 17.9 Å². The Morgan fingerprint density at radius 3 is 2.54 bits per heavy atom. The molecular weight excluding hydrogens is 367 g/mol. The molecule has 0 saturated heterocycles. The summed E-state index contributed by atoms with van der Waals surface area (Å²) < 4.78 is 43.4. The number of benzene rings is 2. The van der Waals surface area contributed by atoms with Gasteiger partial charge in [-0.1, -0.05) is 12.1 Å². The van der Waals surface area contributed by atoms with Gasteiger partial charge >= 0.3 is 0 Å². The Balaban J connectivity index is 1.99. The molecule has 0 aliphatic carbocycles. The Bertz CT molecular complexity index is 1040. The maximum Gasteiger partial charge on any atom is 0.183 e. The highest BCUT2D eigenvalue weighted by Crippen LogP contribution is 2.30. The number of anilines is 3. The summed E-state index contributed by atoms with van der Waals surface area (Å²) in [6.07, 6.45) is 0.399. The number of carbonyl (C=O) groups excluding carboxylic acids is 1. The van der Waals surface area contributed by atoms with Gasteiger partial charge in [-0.3, -0.25) is 4.79 Å². The van der Waals surface area contributed by atoms with E-state index < -0.39 is 23.1 Å². The summed E-state index contributed by atoms with van der Waals surface area (Å²) in [5.41, 5.74) is 0.595. The van der Waals surface area contributed by atoms with Crippen LogP contribution in [-0.4, -0.2) is 18.3 Å². The lowest BCUT2D eigenvalue weighted by molar-refractivity contribution is 0.112. The van der Waals surface area contributed by atoms with Crippen LogP contribution < -0.4 is 10.6 Å². The summed E-state index contributed by atoms with van der Waals surface area (Å²) in [6, 6.07) is 10.7. The van der Waals surface area contributed by atoms with Crippen molar-refractivity contribution >= 4 is 23.5 Å². The molecule has 0 aliphatic heterocycles. The third-order valence-electron chi connectivity index (χ3n) is 4.26. The third kappa shape index (κ3) is 3.98. The van der Waals surface area contributed by atoms with Gasteiger partial charge in [0.1, 0.15) is 11.6 Å². The number of carbonyl (C=O) groups is 1. The van der Waals surface area contributed by atoms with Crippen molar-refractivity contribution in [3.63, 3.8) is 0 Å². The summed E-state index contributed by atoms with van der Waals surface area (Å²) in [5.74, 6) is -2.41. The quantitative estimate of drug-likeness (QED) is 0.587. The van der Waals surface area contributed by atoms with Crippen molar-refractivity contribution in [3.8, 4) is 0 Å². The summed E-state index contributed by atoms with van der Waals surface area (Å²) in [4.78, 5) is 15.7. The number of halogens is 3. The molecule has 4 nitrogen and oxygen atoms in total. The zero-order chi connectivity index (χ0) is 20.3. The second-order valence-electron chi connectivity index (χ2n) is 6.29. The second kappa shape index (κ2) is 8.12. The number of aryl methyl sites for hydroxylation is 1. The Morgan fingerprint density at radius 1 is 1.07 bits per heavy atom. The van der Waals surface area contributed by atoms with Crippen LogP contribution in [0.5, 0.6) is 0 Å². The van der Waals surface area contributed by atoms with Gasteiger partial charge in [0.2, 0.25) is 0 Å². The van der Waals surface area contributed by atoms with E-state index in [0.29, 0.717) is 23.4 Å². The topological polar surface area (TPSA) is 54.0 Å². The highest BCUT2D eigenvalue weighted by molar-refractivity contribution is 5.87. The fraction of sp³-hybridized carbons (Fsp3) is 0.143. The van der Waals surface area contributed by atoms with E-state index in [9.17, 15) is 18.0 Å². The van der Waals surface area contributed by atoms with Crippen LogP contribution in [0.15, 0.2) is 42.5 Å². The number of hydrogen-bond donors (Lipinski definition) is 2. The lowest BCUT2D eigenvalue weighted by Gasteiger charge is -2.14. The Hall–Kier alpha value is -3.35. The molecule has 1 aromatic heterocycles. The van der Waals surface area contributed by atoms with E-state index in [1.165, 1.54) is 18.2 Å². The highest BCUT2D eigenvalue weighted by atomic mass is 19.2. The van der Waals surface area contributed by atoms with Gasteiger partial charge in [0.25, 0.3) is 0 Å². The number of aromatic nitrogens is 1. The van der Waals surface area contributed by atoms with Crippen LogP contribution >= 0.6 is 0 Å².